The van der Waals surface area contributed by atoms with Crippen LogP contribution in [-0.2, 0) is 0 Å². The monoisotopic (exact) mass is 371 g/mol. The number of carbonyl (C=O) groups excluding carboxylic acids is 1. The van der Waals surface area contributed by atoms with Gasteiger partial charge in [-0.25, -0.2) is 10.2 Å². The summed E-state index contributed by atoms with van der Waals surface area (Å²) < 4.78 is 17.1. The first-order chi connectivity index (χ1) is 13.0. The third kappa shape index (κ3) is 5.91. The van der Waals surface area contributed by atoms with E-state index in [0.29, 0.717) is 36.7 Å². The summed E-state index contributed by atoms with van der Waals surface area (Å²) in [6.45, 7) is 5.03. The molecule has 2 amide bonds. The van der Waals surface area contributed by atoms with Gasteiger partial charge in [-0.15, -0.1) is 0 Å². The molecule has 0 saturated carbocycles. The number of hydrazone groups is 1. The molecular weight excluding hydrogens is 346 g/mol. The normalized spacial score (nSPS) is 10.6. The minimum absolute atomic E-state index is 0.440. The summed E-state index contributed by atoms with van der Waals surface area (Å²) >= 11 is 0. The molecule has 0 radical (unpaired) electrons. The molecule has 2 aromatic carbocycles. The van der Waals surface area contributed by atoms with E-state index in [1.165, 1.54) is 6.21 Å². The van der Waals surface area contributed by atoms with Crippen LogP contribution >= 0.6 is 0 Å². The van der Waals surface area contributed by atoms with Gasteiger partial charge in [-0.05, 0) is 37.1 Å². The van der Waals surface area contributed by atoms with Crippen molar-refractivity contribution in [1.29, 1.82) is 0 Å². The number of amides is 2. The molecule has 0 saturated heterocycles. The Kier molecular flexibility index (Phi) is 7.49. The van der Waals surface area contributed by atoms with Crippen LogP contribution in [0.3, 0.4) is 0 Å². The highest BCUT2D eigenvalue weighted by molar-refractivity contribution is 5.86. The van der Waals surface area contributed by atoms with Crippen LogP contribution in [0.2, 0.25) is 0 Å². The number of ether oxygens (including phenoxy) is 3. The lowest BCUT2D eigenvalue weighted by atomic mass is 10.1. The summed E-state index contributed by atoms with van der Waals surface area (Å²) in [6.07, 6.45) is 2.15. The second-order valence-corrected chi connectivity index (χ2v) is 5.88. The standard InChI is InChI=1S/C20H25N3O4/c1-14-7-4-8-15(2)18(14)26-11-6-12-27-19-16(13-22-23-20(21)24)9-5-10-17(19)25-3/h4-5,7-10,13H,6,11-12H2,1-3H3,(H3,21,23,24). The number of benzene rings is 2. The molecule has 0 atom stereocenters. The van der Waals surface area contributed by atoms with Gasteiger partial charge < -0.3 is 19.9 Å². The van der Waals surface area contributed by atoms with Crippen molar-refractivity contribution in [2.45, 2.75) is 20.3 Å². The predicted molar refractivity (Wildman–Crippen MR) is 105 cm³/mol. The van der Waals surface area contributed by atoms with Crippen molar-refractivity contribution in [1.82, 2.24) is 5.43 Å². The first-order valence-corrected chi connectivity index (χ1v) is 8.60. The van der Waals surface area contributed by atoms with Gasteiger partial charge in [0.2, 0.25) is 0 Å². The minimum atomic E-state index is -0.736. The van der Waals surface area contributed by atoms with Gasteiger partial charge in [-0.2, -0.15) is 5.10 Å². The zero-order valence-electron chi connectivity index (χ0n) is 15.8. The second-order valence-electron chi connectivity index (χ2n) is 5.88. The Hall–Kier alpha value is -3.22. The summed E-state index contributed by atoms with van der Waals surface area (Å²) in [4.78, 5) is 10.7. The van der Waals surface area contributed by atoms with Gasteiger partial charge in [0.1, 0.15) is 5.75 Å². The summed E-state index contributed by atoms with van der Waals surface area (Å²) in [6, 6.07) is 10.7. The van der Waals surface area contributed by atoms with E-state index in [1.54, 1.807) is 25.3 Å². The highest BCUT2D eigenvalue weighted by atomic mass is 16.5. The lowest BCUT2D eigenvalue weighted by Crippen LogP contribution is -2.24. The van der Waals surface area contributed by atoms with E-state index < -0.39 is 6.03 Å². The average molecular weight is 371 g/mol. The maximum Gasteiger partial charge on any atom is 0.332 e. The highest BCUT2D eigenvalue weighted by Crippen LogP contribution is 2.30. The van der Waals surface area contributed by atoms with Crippen LogP contribution in [-0.4, -0.2) is 32.6 Å². The maximum absolute atomic E-state index is 10.7. The molecule has 3 N–H and O–H groups in total. The maximum atomic E-state index is 10.7. The van der Waals surface area contributed by atoms with Crippen LogP contribution < -0.4 is 25.4 Å². The van der Waals surface area contributed by atoms with Gasteiger partial charge in [0, 0.05) is 12.0 Å². The Morgan fingerprint density at radius 3 is 2.33 bits per heavy atom. The zero-order valence-corrected chi connectivity index (χ0v) is 15.8. The summed E-state index contributed by atoms with van der Waals surface area (Å²) in [5.41, 5.74) is 10.0. The number of urea groups is 1. The quantitative estimate of drug-likeness (QED) is 0.402. The molecule has 144 valence electrons. The number of nitrogens with one attached hydrogen (secondary N) is 1. The molecule has 2 rings (SSSR count). The van der Waals surface area contributed by atoms with Crippen LogP contribution in [0.5, 0.6) is 17.2 Å². The molecule has 27 heavy (non-hydrogen) atoms. The highest BCUT2D eigenvalue weighted by Gasteiger charge is 2.10. The molecule has 0 aromatic heterocycles. The fourth-order valence-corrected chi connectivity index (χ4v) is 2.55. The van der Waals surface area contributed by atoms with Gasteiger partial charge >= 0.3 is 6.03 Å². The number of nitrogens with zero attached hydrogens (tertiary/aromatic N) is 1. The average Bonchev–Trinajstić information content (AvgIpc) is 2.64. The smallest absolute Gasteiger partial charge is 0.332 e. The van der Waals surface area contributed by atoms with Gasteiger partial charge in [0.25, 0.3) is 0 Å². The summed E-state index contributed by atoms with van der Waals surface area (Å²) in [7, 11) is 1.56. The number of hydrogen-bond donors (Lipinski definition) is 2. The number of nitrogens with two attached hydrogens (primary N) is 1. The van der Waals surface area contributed by atoms with Gasteiger partial charge in [0.15, 0.2) is 11.5 Å². The zero-order chi connectivity index (χ0) is 19.6. The lowest BCUT2D eigenvalue weighted by Gasteiger charge is -2.14. The Bertz CT molecular complexity index is 786. The van der Waals surface area contributed by atoms with Crippen molar-refractivity contribution in [2.24, 2.45) is 10.8 Å². The van der Waals surface area contributed by atoms with Crippen molar-refractivity contribution in [2.75, 3.05) is 20.3 Å². The molecule has 2 aromatic rings. The van der Waals surface area contributed by atoms with Crippen molar-refractivity contribution in [3.8, 4) is 17.2 Å². The van der Waals surface area contributed by atoms with Crippen molar-refractivity contribution < 1.29 is 19.0 Å². The molecule has 0 unspecified atom stereocenters. The molecule has 0 heterocycles. The first-order valence-electron chi connectivity index (χ1n) is 8.60. The van der Waals surface area contributed by atoms with E-state index in [-0.39, 0.29) is 0 Å². The van der Waals surface area contributed by atoms with E-state index in [0.717, 1.165) is 16.9 Å². The van der Waals surface area contributed by atoms with Crippen LogP contribution in [0, 0.1) is 13.8 Å². The lowest BCUT2D eigenvalue weighted by molar-refractivity contribution is 0.239. The fourth-order valence-electron chi connectivity index (χ4n) is 2.55. The molecule has 0 bridgehead atoms. The molecular formula is C20H25N3O4. The van der Waals surface area contributed by atoms with Crippen molar-refractivity contribution in [3.05, 3.63) is 53.1 Å². The molecule has 0 aliphatic carbocycles. The Balaban J connectivity index is 1.94. The van der Waals surface area contributed by atoms with E-state index >= 15 is 0 Å². The number of aryl methyl sites for hydroxylation is 2. The number of methoxy groups -OCH3 is 1. The predicted octanol–water partition coefficient (Wildman–Crippen LogP) is 3.16. The third-order valence-electron chi connectivity index (χ3n) is 3.80. The first kappa shape index (κ1) is 20.1. The molecule has 0 fully saturated rings. The van der Waals surface area contributed by atoms with E-state index in [2.05, 4.69) is 10.5 Å². The van der Waals surface area contributed by atoms with Crippen LogP contribution in [0.15, 0.2) is 41.5 Å². The second kappa shape index (κ2) is 10.1. The van der Waals surface area contributed by atoms with Gasteiger partial charge in [-0.3, -0.25) is 0 Å². The van der Waals surface area contributed by atoms with Crippen LogP contribution in [0.4, 0.5) is 4.79 Å². The number of primary amides is 1. The van der Waals surface area contributed by atoms with E-state index in [1.807, 2.05) is 32.0 Å². The molecule has 0 aliphatic heterocycles. The minimum Gasteiger partial charge on any atom is -0.493 e. The molecule has 7 heteroatoms. The topological polar surface area (TPSA) is 95.2 Å². The van der Waals surface area contributed by atoms with E-state index in [9.17, 15) is 4.79 Å². The van der Waals surface area contributed by atoms with Crippen LogP contribution in [0.1, 0.15) is 23.1 Å². The van der Waals surface area contributed by atoms with Gasteiger partial charge in [-0.1, -0.05) is 24.3 Å². The Morgan fingerprint density at radius 1 is 1.07 bits per heavy atom. The number of hydrogen-bond acceptors (Lipinski definition) is 5. The Morgan fingerprint density at radius 2 is 1.70 bits per heavy atom. The Labute approximate surface area is 159 Å². The summed E-state index contributed by atoms with van der Waals surface area (Å²) in [5, 5.41) is 3.77. The van der Waals surface area contributed by atoms with Crippen molar-refractivity contribution >= 4 is 12.2 Å². The van der Waals surface area contributed by atoms with Crippen molar-refractivity contribution in [3.63, 3.8) is 0 Å². The van der Waals surface area contributed by atoms with Gasteiger partial charge in [0.05, 0.1) is 26.5 Å². The number of para-hydroxylation sites is 2. The SMILES string of the molecule is COc1cccc(C=NNC(N)=O)c1OCCCOc1c(C)cccc1C. The van der Waals surface area contributed by atoms with Crippen LogP contribution in [0.25, 0.3) is 0 Å². The largest absolute Gasteiger partial charge is 0.493 e. The fraction of sp³-hybridized carbons (Fsp3) is 0.300. The third-order valence-corrected chi connectivity index (χ3v) is 3.80. The summed E-state index contributed by atoms with van der Waals surface area (Å²) in [5.74, 6) is 2.04. The number of carbonyl (C=O) groups is 1. The molecule has 0 aliphatic rings. The van der Waals surface area contributed by atoms with E-state index in [4.69, 9.17) is 19.9 Å². The molecule has 7 nitrogen and oxygen atoms in total. The number of rotatable bonds is 9. The molecule has 0 spiro atoms.